The molecule has 0 saturated heterocycles. The molecule has 0 unspecified atom stereocenters. The van der Waals surface area contributed by atoms with Gasteiger partial charge in [-0.15, -0.1) is 0 Å². The zero-order valence-corrected chi connectivity index (χ0v) is 16.7. The number of hydrazine groups is 1. The van der Waals surface area contributed by atoms with Gasteiger partial charge in [-0.1, -0.05) is 30.3 Å². The molecule has 0 aliphatic rings. The molecule has 8 heteroatoms. The fourth-order valence-corrected chi connectivity index (χ4v) is 2.06. The van der Waals surface area contributed by atoms with Crippen molar-refractivity contribution in [2.75, 3.05) is 13.7 Å². The van der Waals surface area contributed by atoms with Crippen LogP contribution in [0.25, 0.3) is 0 Å². The van der Waals surface area contributed by atoms with Gasteiger partial charge in [0, 0.05) is 7.05 Å². The van der Waals surface area contributed by atoms with Crippen molar-refractivity contribution in [3.63, 3.8) is 0 Å². The molecule has 0 saturated carbocycles. The smallest absolute Gasteiger partial charge is 0.429 e. The Kier molecular flexibility index (Phi) is 8.08. The lowest BCUT2D eigenvalue weighted by Crippen LogP contribution is -2.52. The molecule has 0 aliphatic heterocycles. The van der Waals surface area contributed by atoms with Gasteiger partial charge in [0.05, 0.1) is 6.04 Å². The Morgan fingerprint density at radius 3 is 2.11 bits per heavy atom. The first-order chi connectivity index (χ1) is 12.5. The summed E-state index contributed by atoms with van der Waals surface area (Å²) >= 11 is 0. The van der Waals surface area contributed by atoms with Crippen LogP contribution in [0.4, 0.5) is 9.59 Å². The molecule has 27 heavy (non-hydrogen) atoms. The molecule has 150 valence electrons. The minimum Gasteiger partial charge on any atom is -0.458 e. The van der Waals surface area contributed by atoms with Crippen LogP contribution in [0.3, 0.4) is 0 Å². The number of nitrogens with zero attached hydrogens (tertiary/aromatic N) is 2. The number of ether oxygens (including phenoxy) is 3. The van der Waals surface area contributed by atoms with Crippen LogP contribution in [0.15, 0.2) is 30.3 Å². The van der Waals surface area contributed by atoms with E-state index in [1.54, 1.807) is 34.6 Å². The molecule has 0 aliphatic carbocycles. The van der Waals surface area contributed by atoms with Gasteiger partial charge in [0.25, 0.3) is 0 Å². The lowest BCUT2D eigenvalue weighted by atomic mass is 10.2. The molecule has 1 aromatic carbocycles. The number of carbonyl (C=O) groups is 3. The van der Waals surface area contributed by atoms with Crippen molar-refractivity contribution in [2.45, 2.75) is 52.9 Å². The first kappa shape index (κ1) is 22.3. The highest BCUT2D eigenvalue weighted by atomic mass is 16.6. The van der Waals surface area contributed by atoms with Crippen LogP contribution in [0.1, 0.15) is 40.2 Å². The average Bonchev–Trinajstić information content (AvgIpc) is 2.57. The number of benzene rings is 1. The van der Waals surface area contributed by atoms with E-state index in [0.29, 0.717) is 0 Å². The van der Waals surface area contributed by atoms with Crippen LogP contribution in [0.2, 0.25) is 0 Å². The summed E-state index contributed by atoms with van der Waals surface area (Å²) in [6.45, 7) is 8.10. The number of rotatable bonds is 5. The van der Waals surface area contributed by atoms with Gasteiger partial charge in [0.15, 0.2) is 6.61 Å². The number of hydrogen-bond donors (Lipinski definition) is 0. The lowest BCUT2D eigenvalue weighted by molar-refractivity contribution is -0.149. The van der Waals surface area contributed by atoms with Crippen molar-refractivity contribution in [2.24, 2.45) is 0 Å². The summed E-state index contributed by atoms with van der Waals surface area (Å²) in [4.78, 5) is 36.3. The molecule has 0 spiro atoms. The summed E-state index contributed by atoms with van der Waals surface area (Å²) in [5.74, 6) is -0.684. The Balaban J connectivity index is 2.57. The molecule has 1 aromatic rings. The van der Waals surface area contributed by atoms with Crippen molar-refractivity contribution >= 4 is 18.2 Å². The molecule has 1 rings (SSSR count). The minimum absolute atomic E-state index is 0.0862. The van der Waals surface area contributed by atoms with Crippen molar-refractivity contribution in [3.8, 4) is 0 Å². The van der Waals surface area contributed by atoms with Crippen LogP contribution in [0, 0.1) is 0 Å². The normalized spacial score (nSPS) is 10.9. The van der Waals surface area contributed by atoms with Crippen molar-refractivity contribution < 1.29 is 28.6 Å². The van der Waals surface area contributed by atoms with Crippen LogP contribution >= 0.6 is 0 Å². The van der Waals surface area contributed by atoms with Gasteiger partial charge in [-0.25, -0.2) is 24.4 Å². The number of esters is 1. The molecular weight excluding hydrogens is 352 g/mol. The van der Waals surface area contributed by atoms with E-state index < -0.39 is 36.4 Å². The van der Waals surface area contributed by atoms with Crippen molar-refractivity contribution in [1.29, 1.82) is 0 Å². The molecular formula is C19H28N2O6. The van der Waals surface area contributed by atoms with Gasteiger partial charge < -0.3 is 14.2 Å². The quantitative estimate of drug-likeness (QED) is 0.442. The topological polar surface area (TPSA) is 85.4 Å². The summed E-state index contributed by atoms with van der Waals surface area (Å²) in [6.07, 6.45) is -1.56. The summed E-state index contributed by atoms with van der Waals surface area (Å²) in [5.41, 5.74) is 0.115. The highest BCUT2D eigenvalue weighted by molar-refractivity contribution is 5.77. The van der Waals surface area contributed by atoms with Gasteiger partial charge in [-0.2, -0.15) is 0 Å². The second kappa shape index (κ2) is 9.80. The SMILES string of the molecule is CC(C)N(C(=O)OCC(=O)OCc1ccccc1)N(C)C(=O)OC(C)(C)C. The fraction of sp³-hybridized carbons (Fsp3) is 0.526. The second-order valence-corrected chi connectivity index (χ2v) is 7.14. The molecule has 0 fully saturated rings. The van der Waals surface area contributed by atoms with E-state index in [2.05, 4.69) is 0 Å². The standard InChI is InChI=1S/C19H28N2O6/c1-14(2)21(20(6)17(23)27-19(3,4)5)18(24)26-13-16(22)25-12-15-10-8-7-9-11-15/h7-11,14H,12-13H2,1-6H3. The highest BCUT2D eigenvalue weighted by Crippen LogP contribution is 2.13. The maximum atomic E-state index is 12.3. The van der Waals surface area contributed by atoms with E-state index in [-0.39, 0.29) is 6.61 Å². The summed E-state index contributed by atoms with van der Waals surface area (Å²) in [7, 11) is 1.39. The molecule has 0 heterocycles. The first-order valence-corrected chi connectivity index (χ1v) is 8.63. The van der Waals surface area contributed by atoms with E-state index in [9.17, 15) is 14.4 Å². The molecule has 0 radical (unpaired) electrons. The van der Waals surface area contributed by atoms with Gasteiger partial charge in [0.1, 0.15) is 12.2 Å². The third kappa shape index (κ3) is 7.98. The Morgan fingerprint density at radius 1 is 1.00 bits per heavy atom. The average molecular weight is 380 g/mol. The molecule has 8 nitrogen and oxygen atoms in total. The highest BCUT2D eigenvalue weighted by Gasteiger charge is 2.30. The van der Waals surface area contributed by atoms with Gasteiger partial charge in [0.2, 0.25) is 0 Å². The third-order valence-corrected chi connectivity index (χ3v) is 3.21. The zero-order chi connectivity index (χ0) is 20.6. The third-order valence-electron chi connectivity index (χ3n) is 3.21. The fourth-order valence-electron chi connectivity index (χ4n) is 2.06. The number of carbonyl (C=O) groups excluding carboxylic acids is 3. The predicted molar refractivity (Wildman–Crippen MR) is 98.6 cm³/mol. The van der Waals surface area contributed by atoms with Crippen molar-refractivity contribution in [3.05, 3.63) is 35.9 Å². The van der Waals surface area contributed by atoms with Gasteiger partial charge in [-0.05, 0) is 40.2 Å². The molecule has 0 atom stereocenters. The minimum atomic E-state index is -0.852. The number of amides is 2. The van der Waals surface area contributed by atoms with E-state index in [1.807, 2.05) is 30.3 Å². The summed E-state index contributed by atoms with van der Waals surface area (Å²) in [6, 6.07) is 8.75. The first-order valence-electron chi connectivity index (χ1n) is 8.63. The molecule has 0 N–H and O–H groups in total. The maximum absolute atomic E-state index is 12.3. The predicted octanol–water partition coefficient (Wildman–Crippen LogP) is 3.36. The van der Waals surface area contributed by atoms with Gasteiger partial charge >= 0.3 is 18.2 Å². The monoisotopic (exact) mass is 380 g/mol. The Labute approximate surface area is 159 Å². The van der Waals surface area contributed by atoms with E-state index in [4.69, 9.17) is 14.2 Å². The van der Waals surface area contributed by atoms with E-state index >= 15 is 0 Å². The van der Waals surface area contributed by atoms with E-state index in [0.717, 1.165) is 15.6 Å². The lowest BCUT2D eigenvalue weighted by Gasteiger charge is -2.34. The van der Waals surface area contributed by atoms with E-state index in [1.165, 1.54) is 7.05 Å². The molecule has 2 amide bonds. The molecule has 0 aromatic heterocycles. The summed E-state index contributed by atoms with van der Waals surface area (Å²) < 4.78 is 15.3. The van der Waals surface area contributed by atoms with Crippen LogP contribution < -0.4 is 0 Å². The van der Waals surface area contributed by atoms with Gasteiger partial charge in [-0.3, -0.25) is 0 Å². The Morgan fingerprint density at radius 2 is 1.59 bits per heavy atom. The Bertz CT molecular complexity index is 639. The van der Waals surface area contributed by atoms with Crippen LogP contribution in [0.5, 0.6) is 0 Å². The number of hydrogen-bond acceptors (Lipinski definition) is 6. The van der Waals surface area contributed by atoms with Crippen LogP contribution in [-0.2, 0) is 25.6 Å². The largest absolute Gasteiger partial charge is 0.458 e. The van der Waals surface area contributed by atoms with Crippen molar-refractivity contribution in [1.82, 2.24) is 10.0 Å². The molecule has 0 bridgehead atoms. The summed E-state index contributed by atoms with van der Waals surface area (Å²) in [5, 5.41) is 2.09. The Hall–Kier alpha value is -2.77. The second-order valence-electron chi connectivity index (χ2n) is 7.14. The maximum Gasteiger partial charge on any atom is 0.429 e. The van der Waals surface area contributed by atoms with Crippen LogP contribution in [-0.4, -0.2) is 53.5 Å². The zero-order valence-electron chi connectivity index (χ0n) is 16.7.